The molecule has 6 heteroatoms. The summed E-state index contributed by atoms with van der Waals surface area (Å²) in [5.74, 6) is -0.967. The van der Waals surface area contributed by atoms with Crippen LogP contribution in [0.15, 0.2) is 41.3 Å². The minimum atomic E-state index is -1.44. The number of rotatable bonds is 3. The first kappa shape index (κ1) is 14.0. The summed E-state index contributed by atoms with van der Waals surface area (Å²) in [6.07, 6.45) is 0. The molecule has 1 unspecified atom stereocenters. The molecule has 0 radical (unpaired) electrons. The zero-order valence-corrected chi connectivity index (χ0v) is 11.3. The Hall–Kier alpha value is -1.46. The minimum absolute atomic E-state index is 0.0872. The second-order valence-corrected chi connectivity index (χ2v) is 5.82. The first-order valence-corrected chi connectivity index (χ1v) is 7.04. The maximum absolute atomic E-state index is 13.1. The number of nitrogens with two attached hydrogens (primary N) is 1. The summed E-state index contributed by atoms with van der Waals surface area (Å²) in [6.45, 7) is 0. The molecule has 0 fully saturated rings. The van der Waals surface area contributed by atoms with E-state index < -0.39 is 22.4 Å². The Bertz CT molecular complexity index is 628. The molecular formula is C13H10ClF2NOS. The van der Waals surface area contributed by atoms with E-state index in [1.165, 1.54) is 24.3 Å². The van der Waals surface area contributed by atoms with E-state index in [9.17, 15) is 13.0 Å². The van der Waals surface area contributed by atoms with Crippen LogP contribution in [0.5, 0.6) is 0 Å². The van der Waals surface area contributed by atoms with Crippen molar-refractivity contribution < 1.29 is 13.0 Å². The molecule has 0 aliphatic heterocycles. The van der Waals surface area contributed by atoms with E-state index in [1.807, 2.05) is 0 Å². The summed E-state index contributed by atoms with van der Waals surface area (Å²) in [5.41, 5.74) is 6.29. The lowest BCUT2D eigenvalue weighted by molar-refractivity contribution is 0.626. The average molecular weight is 302 g/mol. The average Bonchev–Trinajstić information content (AvgIpc) is 2.31. The van der Waals surface area contributed by atoms with Crippen LogP contribution >= 0.6 is 11.6 Å². The molecule has 2 N–H and O–H groups in total. The van der Waals surface area contributed by atoms with Crippen LogP contribution in [-0.2, 0) is 16.6 Å². The summed E-state index contributed by atoms with van der Waals surface area (Å²) in [6, 6.07) is 7.83. The summed E-state index contributed by atoms with van der Waals surface area (Å²) in [5, 5.41) is -0.0930. The van der Waals surface area contributed by atoms with Crippen LogP contribution in [-0.4, -0.2) is 4.21 Å². The van der Waals surface area contributed by atoms with E-state index in [0.717, 1.165) is 6.07 Å². The SMILES string of the molecule is Nc1cc(F)cc(CS(=O)c2ccc(F)c(Cl)c2)c1. The van der Waals surface area contributed by atoms with Gasteiger partial charge in [0.25, 0.3) is 0 Å². The highest BCUT2D eigenvalue weighted by atomic mass is 35.5. The Kier molecular flexibility index (Phi) is 4.17. The predicted octanol–water partition coefficient (Wildman–Crippen LogP) is 3.51. The van der Waals surface area contributed by atoms with Gasteiger partial charge in [-0.25, -0.2) is 8.78 Å². The molecule has 2 nitrogen and oxygen atoms in total. The number of nitrogen functional groups attached to an aromatic ring is 1. The van der Waals surface area contributed by atoms with Gasteiger partial charge in [-0.1, -0.05) is 11.6 Å². The van der Waals surface area contributed by atoms with Crippen LogP contribution in [0.2, 0.25) is 5.02 Å². The molecule has 0 aromatic heterocycles. The van der Waals surface area contributed by atoms with Gasteiger partial charge >= 0.3 is 0 Å². The molecule has 0 saturated heterocycles. The van der Waals surface area contributed by atoms with Crippen LogP contribution in [0.1, 0.15) is 5.56 Å². The molecule has 0 bridgehead atoms. The normalized spacial score (nSPS) is 12.4. The van der Waals surface area contributed by atoms with Crippen molar-refractivity contribution in [3.05, 3.63) is 58.6 Å². The van der Waals surface area contributed by atoms with Crippen LogP contribution in [0.25, 0.3) is 0 Å². The number of hydrogen-bond acceptors (Lipinski definition) is 2. The third-order valence-corrected chi connectivity index (χ3v) is 4.10. The lowest BCUT2D eigenvalue weighted by atomic mass is 10.2. The molecular weight excluding hydrogens is 292 g/mol. The lowest BCUT2D eigenvalue weighted by Crippen LogP contribution is -1.99. The highest BCUT2D eigenvalue weighted by molar-refractivity contribution is 7.84. The Labute approximate surface area is 116 Å². The van der Waals surface area contributed by atoms with Crippen molar-refractivity contribution in [3.63, 3.8) is 0 Å². The molecule has 2 aromatic rings. The Morgan fingerprint density at radius 1 is 1.16 bits per heavy atom. The minimum Gasteiger partial charge on any atom is -0.399 e. The number of halogens is 3. The van der Waals surface area contributed by atoms with E-state index in [1.54, 1.807) is 6.07 Å². The van der Waals surface area contributed by atoms with Gasteiger partial charge in [-0.15, -0.1) is 0 Å². The quantitative estimate of drug-likeness (QED) is 0.882. The predicted molar refractivity (Wildman–Crippen MR) is 72.3 cm³/mol. The standard InChI is InChI=1S/C13H10ClF2NOS/c14-12-6-11(1-2-13(12)16)19(18)7-8-3-9(15)5-10(17)4-8/h1-6H,7,17H2. The van der Waals surface area contributed by atoms with Crippen molar-refractivity contribution in [1.29, 1.82) is 0 Å². The maximum Gasteiger partial charge on any atom is 0.141 e. The van der Waals surface area contributed by atoms with Gasteiger partial charge < -0.3 is 5.73 Å². The molecule has 0 amide bonds. The zero-order valence-electron chi connectivity index (χ0n) is 9.70. The molecule has 100 valence electrons. The largest absolute Gasteiger partial charge is 0.399 e. The van der Waals surface area contributed by atoms with Crippen molar-refractivity contribution in [2.45, 2.75) is 10.6 Å². The van der Waals surface area contributed by atoms with Crippen LogP contribution in [0.3, 0.4) is 0 Å². The first-order chi connectivity index (χ1) is 8.95. The fourth-order valence-corrected chi connectivity index (χ4v) is 2.96. The van der Waals surface area contributed by atoms with Gasteiger partial charge in [0.15, 0.2) is 0 Å². The van der Waals surface area contributed by atoms with E-state index >= 15 is 0 Å². The summed E-state index contributed by atoms with van der Waals surface area (Å²) in [7, 11) is -1.44. The Morgan fingerprint density at radius 2 is 1.89 bits per heavy atom. The highest BCUT2D eigenvalue weighted by Crippen LogP contribution is 2.21. The second kappa shape index (κ2) is 5.67. The monoisotopic (exact) mass is 301 g/mol. The summed E-state index contributed by atoms with van der Waals surface area (Å²) < 4.78 is 38.2. The van der Waals surface area contributed by atoms with Gasteiger partial charge in [0.2, 0.25) is 0 Å². The van der Waals surface area contributed by atoms with Crippen molar-refractivity contribution in [1.82, 2.24) is 0 Å². The molecule has 0 heterocycles. The smallest absolute Gasteiger partial charge is 0.141 e. The van der Waals surface area contributed by atoms with Gasteiger partial charge in [-0.3, -0.25) is 4.21 Å². The fraction of sp³-hybridized carbons (Fsp3) is 0.0769. The molecule has 0 aliphatic carbocycles. The van der Waals surface area contributed by atoms with Gasteiger partial charge in [-0.2, -0.15) is 0 Å². The van der Waals surface area contributed by atoms with Crippen molar-refractivity contribution in [3.8, 4) is 0 Å². The summed E-state index contributed by atoms with van der Waals surface area (Å²) >= 11 is 5.62. The molecule has 0 saturated carbocycles. The van der Waals surface area contributed by atoms with Gasteiger partial charge in [0.05, 0.1) is 21.6 Å². The topological polar surface area (TPSA) is 43.1 Å². The number of anilines is 1. The van der Waals surface area contributed by atoms with Crippen LogP contribution < -0.4 is 5.73 Å². The number of benzene rings is 2. The highest BCUT2D eigenvalue weighted by Gasteiger charge is 2.09. The van der Waals surface area contributed by atoms with E-state index in [2.05, 4.69) is 0 Å². The fourth-order valence-electron chi connectivity index (χ4n) is 1.61. The number of hydrogen-bond donors (Lipinski definition) is 1. The van der Waals surface area contributed by atoms with Crippen molar-refractivity contribution in [2.75, 3.05) is 5.73 Å². The molecule has 2 rings (SSSR count). The van der Waals surface area contributed by atoms with Gasteiger partial charge in [0.1, 0.15) is 11.6 Å². The molecule has 2 aromatic carbocycles. The van der Waals surface area contributed by atoms with Crippen molar-refractivity contribution >= 4 is 28.1 Å². The molecule has 0 spiro atoms. The van der Waals surface area contributed by atoms with E-state index in [0.29, 0.717) is 10.5 Å². The molecule has 0 aliphatic rings. The van der Waals surface area contributed by atoms with Gasteiger partial charge in [0, 0.05) is 10.6 Å². The third kappa shape index (κ3) is 3.52. The second-order valence-electron chi connectivity index (χ2n) is 3.96. The Morgan fingerprint density at radius 3 is 2.53 bits per heavy atom. The molecule has 19 heavy (non-hydrogen) atoms. The van der Waals surface area contributed by atoms with E-state index in [-0.39, 0.29) is 16.5 Å². The zero-order chi connectivity index (χ0) is 14.0. The third-order valence-electron chi connectivity index (χ3n) is 2.43. The lowest BCUT2D eigenvalue weighted by Gasteiger charge is -2.05. The van der Waals surface area contributed by atoms with Gasteiger partial charge in [-0.05, 0) is 42.0 Å². The molecule has 1 atom stereocenters. The summed E-state index contributed by atoms with van der Waals surface area (Å²) in [4.78, 5) is 0.384. The van der Waals surface area contributed by atoms with E-state index in [4.69, 9.17) is 17.3 Å². The first-order valence-electron chi connectivity index (χ1n) is 5.34. The van der Waals surface area contributed by atoms with Crippen molar-refractivity contribution in [2.24, 2.45) is 0 Å². The van der Waals surface area contributed by atoms with Crippen LogP contribution in [0.4, 0.5) is 14.5 Å². The maximum atomic E-state index is 13.1. The van der Waals surface area contributed by atoms with Crippen LogP contribution in [0, 0.1) is 11.6 Å². The Balaban J connectivity index is 2.22.